The van der Waals surface area contributed by atoms with Crippen LogP contribution in [0.15, 0.2) is 30.3 Å². The molecule has 5 heteroatoms. The standard InChI is InChI=1S/C17H21NO4/c1-21-16(19)15-14-9-5-8-13(14)10-18(15)17(20)22-11-12-6-3-2-4-7-12/h2-4,6-7,13-15H,5,8-11H2,1H3/t13-,14+,15+/m0/s1. The van der Waals surface area contributed by atoms with Gasteiger partial charge in [-0.25, -0.2) is 9.59 Å². The van der Waals surface area contributed by atoms with E-state index in [0.717, 1.165) is 24.8 Å². The molecule has 1 saturated carbocycles. The molecule has 3 rings (SSSR count). The Morgan fingerprint density at radius 2 is 2.00 bits per heavy atom. The monoisotopic (exact) mass is 303 g/mol. The van der Waals surface area contributed by atoms with E-state index in [9.17, 15) is 9.59 Å². The van der Waals surface area contributed by atoms with Gasteiger partial charge in [-0.2, -0.15) is 0 Å². The van der Waals surface area contributed by atoms with Crippen molar-refractivity contribution in [2.75, 3.05) is 13.7 Å². The van der Waals surface area contributed by atoms with E-state index in [2.05, 4.69) is 0 Å². The second-order valence-corrected chi connectivity index (χ2v) is 6.02. The predicted octanol–water partition coefficient (Wildman–Crippen LogP) is 2.60. The summed E-state index contributed by atoms with van der Waals surface area (Å²) in [6, 6.07) is 9.05. The summed E-state index contributed by atoms with van der Waals surface area (Å²) in [6.07, 6.45) is 2.75. The minimum absolute atomic E-state index is 0.219. The SMILES string of the molecule is COC(=O)[C@H]1[C@@H]2CCC[C@H]2CN1C(=O)OCc1ccccc1. The van der Waals surface area contributed by atoms with Crippen molar-refractivity contribution in [2.24, 2.45) is 11.8 Å². The van der Waals surface area contributed by atoms with Crippen LogP contribution in [-0.2, 0) is 20.9 Å². The maximum Gasteiger partial charge on any atom is 0.410 e. The van der Waals surface area contributed by atoms with Crippen LogP contribution in [0.3, 0.4) is 0 Å². The highest BCUT2D eigenvalue weighted by molar-refractivity contribution is 5.82. The number of carbonyl (C=O) groups is 2. The van der Waals surface area contributed by atoms with Crippen molar-refractivity contribution in [3.05, 3.63) is 35.9 Å². The third-order valence-electron chi connectivity index (χ3n) is 4.77. The van der Waals surface area contributed by atoms with Crippen molar-refractivity contribution in [3.63, 3.8) is 0 Å². The van der Waals surface area contributed by atoms with Crippen molar-refractivity contribution in [3.8, 4) is 0 Å². The summed E-state index contributed by atoms with van der Waals surface area (Å²) in [6.45, 7) is 0.817. The molecule has 2 fully saturated rings. The van der Waals surface area contributed by atoms with Gasteiger partial charge in [-0.15, -0.1) is 0 Å². The van der Waals surface area contributed by atoms with Gasteiger partial charge in [-0.3, -0.25) is 4.90 Å². The predicted molar refractivity (Wildman–Crippen MR) is 80.0 cm³/mol. The molecular formula is C17H21NO4. The van der Waals surface area contributed by atoms with Gasteiger partial charge in [0.1, 0.15) is 12.6 Å². The minimum Gasteiger partial charge on any atom is -0.467 e. The number of ether oxygens (including phenoxy) is 2. The number of rotatable bonds is 3. The Kier molecular flexibility index (Phi) is 4.32. The lowest BCUT2D eigenvalue weighted by Gasteiger charge is -2.25. The Balaban J connectivity index is 1.66. The van der Waals surface area contributed by atoms with E-state index in [0.29, 0.717) is 12.5 Å². The summed E-state index contributed by atoms with van der Waals surface area (Å²) in [5.41, 5.74) is 0.935. The van der Waals surface area contributed by atoms with E-state index < -0.39 is 12.1 Å². The van der Waals surface area contributed by atoms with Crippen LogP contribution in [0.2, 0.25) is 0 Å². The lowest BCUT2D eigenvalue weighted by Crippen LogP contribution is -2.44. The van der Waals surface area contributed by atoms with Crippen LogP contribution in [0.4, 0.5) is 4.79 Å². The van der Waals surface area contributed by atoms with Gasteiger partial charge in [-0.1, -0.05) is 36.8 Å². The van der Waals surface area contributed by atoms with Crippen LogP contribution < -0.4 is 0 Å². The molecule has 118 valence electrons. The molecule has 1 amide bonds. The molecule has 5 nitrogen and oxygen atoms in total. The quantitative estimate of drug-likeness (QED) is 0.805. The lowest BCUT2D eigenvalue weighted by molar-refractivity contribution is -0.146. The highest BCUT2D eigenvalue weighted by Gasteiger charge is 2.50. The van der Waals surface area contributed by atoms with Gasteiger partial charge in [0, 0.05) is 6.54 Å². The van der Waals surface area contributed by atoms with E-state index in [4.69, 9.17) is 9.47 Å². The van der Waals surface area contributed by atoms with Gasteiger partial charge in [0.2, 0.25) is 0 Å². The zero-order valence-electron chi connectivity index (χ0n) is 12.7. The molecule has 1 aromatic rings. The van der Waals surface area contributed by atoms with Gasteiger partial charge in [0.15, 0.2) is 0 Å². The summed E-state index contributed by atoms with van der Waals surface area (Å²) in [7, 11) is 1.37. The highest BCUT2D eigenvalue weighted by atomic mass is 16.6. The van der Waals surface area contributed by atoms with Crippen molar-refractivity contribution in [1.82, 2.24) is 4.90 Å². The fourth-order valence-electron chi connectivity index (χ4n) is 3.72. The number of esters is 1. The molecule has 1 aromatic carbocycles. The fourth-order valence-corrected chi connectivity index (χ4v) is 3.72. The van der Waals surface area contributed by atoms with E-state index in [1.807, 2.05) is 30.3 Å². The summed E-state index contributed by atoms with van der Waals surface area (Å²) in [5.74, 6) is 0.288. The first-order valence-electron chi connectivity index (χ1n) is 7.76. The van der Waals surface area contributed by atoms with Crippen molar-refractivity contribution < 1.29 is 19.1 Å². The second-order valence-electron chi connectivity index (χ2n) is 6.02. The van der Waals surface area contributed by atoms with E-state index >= 15 is 0 Å². The maximum absolute atomic E-state index is 12.4. The fraction of sp³-hybridized carbons (Fsp3) is 0.529. The van der Waals surface area contributed by atoms with Crippen LogP contribution in [0, 0.1) is 11.8 Å². The zero-order chi connectivity index (χ0) is 15.5. The van der Waals surface area contributed by atoms with E-state index in [1.54, 1.807) is 4.90 Å². The van der Waals surface area contributed by atoms with Gasteiger partial charge < -0.3 is 9.47 Å². The van der Waals surface area contributed by atoms with E-state index in [-0.39, 0.29) is 18.5 Å². The minimum atomic E-state index is -0.485. The third-order valence-corrected chi connectivity index (χ3v) is 4.77. The molecular weight excluding hydrogens is 282 g/mol. The number of fused-ring (bicyclic) bond motifs is 1. The molecule has 2 aliphatic rings. The van der Waals surface area contributed by atoms with Crippen LogP contribution in [0.1, 0.15) is 24.8 Å². The van der Waals surface area contributed by atoms with Crippen molar-refractivity contribution >= 4 is 12.1 Å². The number of carbonyl (C=O) groups excluding carboxylic acids is 2. The first kappa shape index (κ1) is 14.9. The topological polar surface area (TPSA) is 55.8 Å². The number of amides is 1. The van der Waals surface area contributed by atoms with E-state index in [1.165, 1.54) is 7.11 Å². The summed E-state index contributed by atoms with van der Waals surface area (Å²) < 4.78 is 10.3. The molecule has 1 aliphatic carbocycles. The average molecular weight is 303 g/mol. The molecule has 1 saturated heterocycles. The Bertz CT molecular complexity index is 545. The van der Waals surface area contributed by atoms with Gasteiger partial charge in [0.05, 0.1) is 7.11 Å². The van der Waals surface area contributed by atoms with Crippen LogP contribution >= 0.6 is 0 Å². The Morgan fingerprint density at radius 1 is 1.23 bits per heavy atom. The van der Waals surface area contributed by atoms with Crippen LogP contribution in [-0.4, -0.2) is 36.7 Å². The molecule has 0 radical (unpaired) electrons. The number of nitrogens with zero attached hydrogens (tertiary/aromatic N) is 1. The molecule has 0 spiro atoms. The Labute approximate surface area is 130 Å². The second kappa shape index (κ2) is 6.38. The van der Waals surface area contributed by atoms with Crippen LogP contribution in [0.5, 0.6) is 0 Å². The molecule has 3 atom stereocenters. The van der Waals surface area contributed by atoms with Crippen molar-refractivity contribution in [1.29, 1.82) is 0 Å². The molecule has 1 aliphatic heterocycles. The Hall–Kier alpha value is -2.04. The Morgan fingerprint density at radius 3 is 2.73 bits per heavy atom. The highest BCUT2D eigenvalue weighted by Crippen LogP contribution is 2.42. The lowest BCUT2D eigenvalue weighted by atomic mass is 9.94. The summed E-state index contributed by atoms with van der Waals surface area (Å²) in [5, 5.41) is 0. The van der Waals surface area contributed by atoms with Gasteiger partial charge in [0.25, 0.3) is 0 Å². The number of hydrogen-bond acceptors (Lipinski definition) is 4. The number of methoxy groups -OCH3 is 1. The summed E-state index contributed by atoms with van der Waals surface area (Å²) >= 11 is 0. The molecule has 22 heavy (non-hydrogen) atoms. The number of hydrogen-bond donors (Lipinski definition) is 0. The number of likely N-dealkylation sites (tertiary alicyclic amines) is 1. The van der Waals surface area contributed by atoms with Gasteiger partial charge >= 0.3 is 12.1 Å². The van der Waals surface area contributed by atoms with Gasteiger partial charge in [-0.05, 0) is 30.2 Å². The molecule has 0 unspecified atom stereocenters. The van der Waals surface area contributed by atoms with Crippen LogP contribution in [0.25, 0.3) is 0 Å². The first-order chi connectivity index (χ1) is 10.7. The molecule has 0 bridgehead atoms. The smallest absolute Gasteiger partial charge is 0.410 e. The van der Waals surface area contributed by atoms with Crippen molar-refractivity contribution in [2.45, 2.75) is 31.9 Å². The largest absolute Gasteiger partial charge is 0.467 e. The first-order valence-corrected chi connectivity index (χ1v) is 7.76. The molecule has 1 heterocycles. The third kappa shape index (κ3) is 2.80. The zero-order valence-corrected chi connectivity index (χ0v) is 12.7. The maximum atomic E-state index is 12.4. The normalized spacial score (nSPS) is 26.6. The summed E-state index contributed by atoms with van der Waals surface area (Å²) in [4.78, 5) is 26.0. The molecule has 0 N–H and O–H groups in total. The average Bonchev–Trinajstić information content (AvgIpc) is 3.13. The molecule has 0 aromatic heterocycles. The number of benzene rings is 1.